The van der Waals surface area contributed by atoms with Gasteiger partial charge in [-0.1, -0.05) is 54.6 Å². The van der Waals surface area contributed by atoms with Gasteiger partial charge in [0.05, 0.1) is 0 Å². The summed E-state index contributed by atoms with van der Waals surface area (Å²) in [5.74, 6) is 0. The first-order chi connectivity index (χ1) is 11.1. The molecular weight excluding hydrogens is 407 g/mol. The molecule has 0 saturated carbocycles. The maximum absolute atomic E-state index is 12.7. The van der Waals surface area contributed by atoms with Gasteiger partial charge in [-0.15, -0.1) is 0 Å². The predicted molar refractivity (Wildman–Crippen MR) is 96.7 cm³/mol. The summed E-state index contributed by atoms with van der Waals surface area (Å²) in [6, 6.07) is 26.8. The molecule has 0 aliphatic rings. The molecule has 0 aliphatic heterocycles. The van der Waals surface area contributed by atoms with Crippen LogP contribution in [0.4, 0.5) is 0 Å². The lowest BCUT2D eigenvalue weighted by Gasteiger charge is -2.23. The van der Waals surface area contributed by atoms with Crippen LogP contribution in [0.15, 0.2) is 91.0 Å². The van der Waals surface area contributed by atoms with Crippen LogP contribution in [0.2, 0.25) is 0 Å². The molecule has 6 heteroatoms. The average Bonchev–Trinajstić information content (AvgIpc) is 2.57. The van der Waals surface area contributed by atoms with Gasteiger partial charge in [-0.05, 0) is 36.4 Å². The topological polar surface area (TPSA) is 54.4 Å². The number of rotatable bonds is 4. The number of hydrogen-bond donors (Lipinski definition) is 1. The van der Waals surface area contributed by atoms with Crippen LogP contribution in [0.25, 0.3) is 0 Å². The minimum Gasteiger partial charge on any atom is -1.00 e. The third-order valence-corrected chi connectivity index (χ3v) is 11.4. The summed E-state index contributed by atoms with van der Waals surface area (Å²) in [6.45, 7) is -3.21. The van der Waals surface area contributed by atoms with Gasteiger partial charge in [0.25, 0.3) is 6.46 Å². The van der Waals surface area contributed by atoms with Crippen molar-refractivity contribution in [3.8, 4) is 0 Å². The van der Waals surface area contributed by atoms with Crippen molar-refractivity contribution >= 4 is 32.1 Å². The monoisotopic (exact) mass is 422 g/mol. The Bertz CT molecular complexity index is 789. The fraction of sp³-hybridized carbons (Fsp3) is 0. The van der Waals surface area contributed by atoms with Gasteiger partial charge in [0, 0.05) is 0 Å². The van der Waals surface area contributed by atoms with E-state index in [0.29, 0.717) is 15.9 Å². The van der Waals surface area contributed by atoms with Crippen molar-refractivity contribution in [1.29, 1.82) is 0 Å². The first-order valence-electron chi connectivity index (χ1n) is 7.10. The minimum atomic E-state index is -4.37. The smallest absolute Gasteiger partial charge is 0.395 e. The maximum Gasteiger partial charge on any atom is 0.395 e. The lowest BCUT2D eigenvalue weighted by Crippen LogP contribution is -3.00. The Balaban J connectivity index is 0.00000208. The van der Waals surface area contributed by atoms with Gasteiger partial charge in [0.15, 0.2) is 0 Å². The fourth-order valence-electron chi connectivity index (χ4n) is 2.76. The van der Waals surface area contributed by atoms with Gasteiger partial charge in [-0.2, -0.15) is 8.42 Å². The Morgan fingerprint density at radius 2 is 0.833 bits per heavy atom. The molecule has 3 aromatic rings. The summed E-state index contributed by atoms with van der Waals surface area (Å²) in [5, 5.41) is 1.83. The van der Waals surface area contributed by atoms with Crippen molar-refractivity contribution < 1.29 is 30.0 Å². The van der Waals surface area contributed by atoms with Crippen molar-refractivity contribution in [2.45, 2.75) is 0 Å². The van der Waals surface area contributed by atoms with Crippen LogP contribution in [0.1, 0.15) is 0 Å². The Labute approximate surface area is 153 Å². The molecule has 1 N–H and O–H groups in total. The van der Waals surface area contributed by atoms with Gasteiger partial charge in [0.1, 0.15) is 15.9 Å². The minimum absolute atomic E-state index is 0. The van der Waals surface area contributed by atoms with E-state index in [9.17, 15) is 13.0 Å². The molecule has 24 heavy (non-hydrogen) atoms. The molecule has 0 spiro atoms. The number of hydrogen-bond acceptors (Lipinski definition) is 2. The highest BCUT2D eigenvalue weighted by molar-refractivity contribution is 8.62. The molecule has 0 fully saturated rings. The van der Waals surface area contributed by atoms with E-state index < -0.39 is 16.2 Å². The molecule has 0 atom stereocenters. The van der Waals surface area contributed by atoms with E-state index in [1.54, 1.807) is 72.8 Å². The van der Waals surface area contributed by atoms with E-state index in [0.717, 1.165) is 0 Å². The summed E-state index contributed by atoms with van der Waals surface area (Å²) in [6.07, 6.45) is 0. The van der Waals surface area contributed by atoms with Gasteiger partial charge < -0.3 is 17.0 Å². The summed E-state index contributed by atoms with van der Waals surface area (Å²) < 4.78 is 35.6. The second-order valence-electron chi connectivity index (χ2n) is 5.06. The van der Waals surface area contributed by atoms with E-state index in [-0.39, 0.29) is 17.0 Å². The third-order valence-electron chi connectivity index (χ3n) is 3.71. The lowest BCUT2D eigenvalue weighted by molar-refractivity contribution is -0.00000827. The Kier molecular flexibility index (Phi) is 5.94. The molecule has 0 heterocycles. The van der Waals surface area contributed by atoms with E-state index in [4.69, 9.17) is 0 Å². The summed E-state index contributed by atoms with van der Waals surface area (Å²) in [4.78, 5) is 0. The highest BCUT2D eigenvalue weighted by Gasteiger charge is 2.57. The zero-order chi connectivity index (χ0) is 16.3. The van der Waals surface area contributed by atoms with Crippen LogP contribution < -0.4 is 32.9 Å². The Hall–Kier alpha value is -1.52. The molecule has 0 amide bonds. The highest BCUT2D eigenvalue weighted by atomic mass is 79.9. The summed E-state index contributed by atoms with van der Waals surface area (Å²) >= 11 is 0. The second kappa shape index (κ2) is 7.58. The van der Waals surface area contributed by atoms with Crippen molar-refractivity contribution in [3.63, 3.8) is 0 Å². The van der Waals surface area contributed by atoms with E-state index >= 15 is 0 Å². The zero-order valence-electron chi connectivity index (χ0n) is 12.7. The highest BCUT2D eigenvalue weighted by Crippen LogP contribution is 2.60. The van der Waals surface area contributed by atoms with Gasteiger partial charge in [-0.3, -0.25) is 4.55 Å². The molecule has 3 aromatic carbocycles. The van der Waals surface area contributed by atoms with Crippen molar-refractivity contribution in [3.05, 3.63) is 91.0 Å². The van der Waals surface area contributed by atoms with Gasteiger partial charge in [0.2, 0.25) is 0 Å². The van der Waals surface area contributed by atoms with Crippen molar-refractivity contribution in [2.24, 2.45) is 0 Å². The van der Waals surface area contributed by atoms with Crippen molar-refractivity contribution in [2.75, 3.05) is 0 Å². The SMILES string of the molecule is O=S(=O)(O)[P+](c1ccccc1)(c1ccccc1)c1ccccc1.[Br-]. The molecule has 3 nitrogen and oxygen atoms in total. The van der Waals surface area contributed by atoms with Gasteiger partial charge >= 0.3 is 9.74 Å². The quantitative estimate of drug-likeness (QED) is 0.467. The fourth-order valence-corrected chi connectivity index (χ4v) is 9.72. The number of benzene rings is 3. The zero-order valence-corrected chi connectivity index (χ0v) is 16.0. The van der Waals surface area contributed by atoms with E-state index in [1.165, 1.54) is 0 Å². The Morgan fingerprint density at radius 3 is 1.04 bits per heavy atom. The molecule has 0 bridgehead atoms. The maximum atomic E-state index is 12.7. The molecule has 0 aliphatic carbocycles. The number of halogens is 1. The Morgan fingerprint density at radius 1 is 0.583 bits per heavy atom. The van der Waals surface area contributed by atoms with Gasteiger partial charge in [-0.25, -0.2) is 0 Å². The van der Waals surface area contributed by atoms with Crippen LogP contribution in [-0.4, -0.2) is 13.0 Å². The van der Waals surface area contributed by atoms with Crippen molar-refractivity contribution in [1.82, 2.24) is 0 Å². The largest absolute Gasteiger partial charge is 1.00 e. The molecule has 124 valence electrons. The first-order valence-corrected chi connectivity index (χ1v) is 10.9. The standard InChI is InChI=1S/C18H15O3PS.BrH/c19-23(20,21)22(16-10-4-1-5-11-16,17-12-6-2-7-13-17)18-14-8-3-9-15-18;/h1-15H;1H. The lowest BCUT2D eigenvalue weighted by atomic mass is 10.4. The second-order valence-corrected chi connectivity index (χ2v) is 11.8. The normalized spacial score (nSPS) is 11.5. The first kappa shape index (κ1) is 18.8. The van der Waals surface area contributed by atoms with E-state index in [1.807, 2.05) is 18.2 Å². The molecule has 0 radical (unpaired) electrons. The predicted octanol–water partition coefficient (Wildman–Crippen LogP) is -0.213. The van der Waals surface area contributed by atoms with Crippen LogP contribution in [0.3, 0.4) is 0 Å². The molecule has 0 saturated heterocycles. The molecule has 0 unspecified atom stereocenters. The van der Waals surface area contributed by atoms with Crippen LogP contribution in [0.5, 0.6) is 0 Å². The van der Waals surface area contributed by atoms with Crippen LogP contribution in [0, 0.1) is 0 Å². The average molecular weight is 423 g/mol. The molecule has 3 rings (SSSR count). The van der Waals surface area contributed by atoms with Crippen LogP contribution >= 0.6 is 6.46 Å². The molecule has 0 aromatic heterocycles. The van der Waals surface area contributed by atoms with E-state index in [2.05, 4.69) is 0 Å². The summed E-state index contributed by atoms with van der Waals surface area (Å²) in [5.41, 5.74) is 0. The van der Waals surface area contributed by atoms with Crippen LogP contribution in [-0.2, 0) is 9.74 Å². The molecular formula is C18H16BrO3PS. The third kappa shape index (κ3) is 3.17. The summed E-state index contributed by atoms with van der Waals surface area (Å²) in [7, 11) is -4.37.